The molecule has 38 heavy (non-hydrogen) atoms. The molecule has 12 heteroatoms. The van der Waals surface area contributed by atoms with Crippen LogP contribution in [0.1, 0.15) is 23.2 Å². The van der Waals surface area contributed by atoms with E-state index >= 15 is 0 Å². The van der Waals surface area contributed by atoms with E-state index in [4.69, 9.17) is 23.2 Å². The fraction of sp³-hybridized carbons (Fsp3) is 0.269. The molecule has 1 saturated heterocycles. The first-order valence-corrected chi connectivity index (χ1v) is 15.9. The summed E-state index contributed by atoms with van der Waals surface area (Å²) >= 11 is 12.2. The van der Waals surface area contributed by atoms with Gasteiger partial charge in [-0.05, 0) is 67.4 Å². The van der Waals surface area contributed by atoms with Gasteiger partial charge in [-0.25, -0.2) is 16.8 Å². The number of amides is 1. The van der Waals surface area contributed by atoms with Crippen LogP contribution in [0.5, 0.6) is 0 Å². The van der Waals surface area contributed by atoms with Gasteiger partial charge in [0.15, 0.2) is 9.84 Å². The zero-order valence-corrected chi connectivity index (χ0v) is 23.9. The fourth-order valence-electron chi connectivity index (χ4n) is 4.38. The minimum absolute atomic E-state index is 0.171. The van der Waals surface area contributed by atoms with Crippen LogP contribution in [0.2, 0.25) is 10.0 Å². The van der Waals surface area contributed by atoms with Crippen LogP contribution in [0.15, 0.2) is 71.6 Å². The summed E-state index contributed by atoms with van der Waals surface area (Å²) in [4.78, 5) is 15.2. The van der Waals surface area contributed by atoms with Crippen LogP contribution in [-0.4, -0.2) is 54.4 Å². The molecule has 0 saturated carbocycles. The van der Waals surface area contributed by atoms with Gasteiger partial charge in [-0.15, -0.1) is 0 Å². The van der Waals surface area contributed by atoms with Gasteiger partial charge < -0.3 is 10.2 Å². The van der Waals surface area contributed by atoms with Gasteiger partial charge in [-0.1, -0.05) is 35.3 Å². The number of nitrogens with one attached hydrogen (secondary N) is 1. The van der Waals surface area contributed by atoms with Gasteiger partial charge in [0.2, 0.25) is 10.0 Å². The van der Waals surface area contributed by atoms with E-state index in [1.807, 2.05) is 12.1 Å². The molecule has 0 unspecified atom stereocenters. The number of hydrogen-bond donors (Lipinski definition) is 1. The maximum absolute atomic E-state index is 13.3. The van der Waals surface area contributed by atoms with Crippen molar-refractivity contribution in [3.05, 3.63) is 82.3 Å². The molecule has 3 aromatic carbocycles. The van der Waals surface area contributed by atoms with Crippen molar-refractivity contribution in [2.75, 3.05) is 40.9 Å². The number of sulfonamides is 1. The third kappa shape index (κ3) is 6.26. The summed E-state index contributed by atoms with van der Waals surface area (Å²) < 4.78 is 51.6. The SMILES string of the molecule is CN(c1ccccc1C(=O)Nc1ccc(S(=O)(=O)C2CCN(c3cc(Cl)cc(Cl)c3)CC2)cc1)S(C)(=O)=O. The molecule has 1 fully saturated rings. The first kappa shape index (κ1) is 28.2. The Morgan fingerprint density at radius 1 is 0.921 bits per heavy atom. The predicted octanol–water partition coefficient (Wildman–Crippen LogP) is 5.08. The number of piperidine rings is 1. The number of anilines is 3. The Morgan fingerprint density at radius 3 is 2.08 bits per heavy atom. The van der Waals surface area contributed by atoms with Gasteiger partial charge in [-0.2, -0.15) is 0 Å². The maximum atomic E-state index is 13.3. The Labute approximate surface area is 233 Å². The average Bonchev–Trinajstić information content (AvgIpc) is 2.87. The first-order chi connectivity index (χ1) is 17.9. The van der Waals surface area contributed by atoms with Crippen molar-refractivity contribution in [2.24, 2.45) is 0 Å². The molecule has 0 bridgehead atoms. The molecule has 1 aliphatic heterocycles. The summed E-state index contributed by atoms with van der Waals surface area (Å²) in [7, 11) is -5.78. The molecule has 1 heterocycles. The van der Waals surface area contributed by atoms with E-state index in [9.17, 15) is 21.6 Å². The number of carbonyl (C=O) groups excluding carboxylic acids is 1. The molecule has 202 valence electrons. The lowest BCUT2D eigenvalue weighted by Gasteiger charge is -2.33. The normalized spacial score (nSPS) is 14.8. The van der Waals surface area contributed by atoms with E-state index < -0.39 is 31.0 Å². The van der Waals surface area contributed by atoms with Crippen LogP contribution in [0.3, 0.4) is 0 Å². The van der Waals surface area contributed by atoms with E-state index in [2.05, 4.69) is 10.2 Å². The van der Waals surface area contributed by atoms with Gasteiger partial charge in [0.05, 0.1) is 27.7 Å². The van der Waals surface area contributed by atoms with Crippen molar-refractivity contribution in [3.63, 3.8) is 0 Å². The zero-order chi connectivity index (χ0) is 27.7. The van der Waals surface area contributed by atoms with E-state index in [1.54, 1.807) is 18.2 Å². The number of sulfone groups is 1. The lowest BCUT2D eigenvalue weighted by molar-refractivity contribution is 0.102. The quantitative estimate of drug-likeness (QED) is 0.408. The Bertz CT molecular complexity index is 1530. The van der Waals surface area contributed by atoms with Crippen molar-refractivity contribution in [1.29, 1.82) is 0 Å². The Balaban J connectivity index is 1.44. The standard InChI is InChI=1S/C26H27Cl2N3O5S2/c1-30(37(2,33)34)25-6-4-3-5-24(25)26(32)29-20-7-9-22(10-8-20)38(35,36)23-11-13-31(14-12-23)21-16-18(27)15-19(28)17-21/h3-10,15-17,23H,11-14H2,1-2H3,(H,29,32). The van der Waals surface area contributed by atoms with Gasteiger partial charge in [0, 0.05) is 41.6 Å². The summed E-state index contributed by atoms with van der Waals surface area (Å²) in [6.45, 7) is 1.10. The molecule has 0 radical (unpaired) electrons. The molecule has 0 aromatic heterocycles. The van der Waals surface area contributed by atoms with Gasteiger partial charge >= 0.3 is 0 Å². The second-order valence-electron chi connectivity index (χ2n) is 9.09. The Hall–Kier alpha value is -2.79. The number of rotatable bonds is 7. The molecule has 0 aliphatic carbocycles. The van der Waals surface area contributed by atoms with Crippen molar-refractivity contribution in [1.82, 2.24) is 0 Å². The van der Waals surface area contributed by atoms with Gasteiger partial charge in [0.25, 0.3) is 5.91 Å². The van der Waals surface area contributed by atoms with Crippen LogP contribution in [0.25, 0.3) is 0 Å². The lowest BCUT2D eigenvalue weighted by atomic mass is 10.1. The van der Waals surface area contributed by atoms with Gasteiger partial charge in [0.1, 0.15) is 0 Å². The first-order valence-electron chi connectivity index (χ1n) is 11.8. The highest BCUT2D eigenvalue weighted by Crippen LogP contribution is 2.31. The highest BCUT2D eigenvalue weighted by molar-refractivity contribution is 7.92. The monoisotopic (exact) mass is 595 g/mol. The van der Waals surface area contributed by atoms with Crippen LogP contribution in [-0.2, 0) is 19.9 Å². The smallest absolute Gasteiger partial charge is 0.257 e. The minimum atomic E-state index is -3.58. The molecule has 3 aromatic rings. The van der Waals surface area contributed by atoms with Crippen LogP contribution in [0, 0.1) is 0 Å². The second kappa shape index (κ2) is 11.1. The van der Waals surface area contributed by atoms with Crippen LogP contribution < -0.4 is 14.5 Å². The van der Waals surface area contributed by atoms with Crippen LogP contribution >= 0.6 is 23.2 Å². The number of benzene rings is 3. The summed E-state index contributed by atoms with van der Waals surface area (Å²) in [5, 5.41) is 3.23. The van der Waals surface area contributed by atoms with E-state index in [1.165, 1.54) is 43.4 Å². The molecule has 8 nitrogen and oxygen atoms in total. The topological polar surface area (TPSA) is 104 Å². The molecular weight excluding hydrogens is 569 g/mol. The van der Waals surface area contributed by atoms with Crippen molar-refractivity contribution >= 4 is 66.0 Å². The fourth-order valence-corrected chi connectivity index (χ4v) is 7.15. The summed E-state index contributed by atoms with van der Waals surface area (Å²) in [6, 6.07) is 17.6. The Kier molecular flexibility index (Phi) is 8.27. The Morgan fingerprint density at radius 2 is 1.50 bits per heavy atom. The van der Waals surface area contributed by atoms with Crippen molar-refractivity contribution < 1.29 is 21.6 Å². The maximum Gasteiger partial charge on any atom is 0.257 e. The number of carbonyl (C=O) groups is 1. The van der Waals surface area contributed by atoms with Gasteiger partial charge in [-0.3, -0.25) is 9.10 Å². The summed E-state index contributed by atoms with van der Waals surface area (Å²) in [5.74, 6) is -0.514. The van der Waals surface area contributed by atoms with Crippen molar-refractivity contribution in [3.8, 4) is 0 Å². The summed E-state index contributed by atoms with van der Waals surface area (Å²) in [5.41, 5.74) is 1.66. The molecule has 0 spiro atoms. The number of hydrogen-bond acceptors (Lipinski definition) is 6. The predicted molar refractivity (Wildman–Crippen MR) is 153 cm³/mol. The number of halogens is 2. The molecule has 1 aliphatic rings. The second-order valence-corrected chi connectivity index (χ2v) is 14.2. The third-order valence-electron chi connectivity index (χ3n) is 6.52. The zero-order valence-electron chi connectivity index (χ0n) is 20.8. The number of nitrogens with zero attached hydrogens (tertiary/aromatic N) is 2. The molecule has 1 amide bonds. The van der Waals surface area contributed by atoms with Crippen molar-refractivity contribution in [2.45, 2.75) is 23.0 Å². The highest BCUT2D eigenvalue weighted by Gasteiger charge is 2.31. The van der Waals surface area contributed by atoms with Crippen LogP contribution in [0.4, 0.5) is 17.1 Å². The van der Waals surface area contributed by atoms with E-state index in [0.717, 1.165) is 16.2 Å². The van der Waals surface area contributed by atoms with E-state index in [0.29, 0.717) is 41.7 Å². The lowest BCUT2D eigenvalue weighted by Crippen LogP contribution is -2.39. The largest absolute Gasteiger partial charge is 0.371 e. The molecule has 4 rings (SSSR count). The molecular formula is C26H27Cl2N3O5S2. The number of para-hydroxylation sites is 1. The third-order valence-corrected chi connectivity index (χ3v) is 10.4. The molecule has 1 N–H and O–H groups in total. The van der Waals surface area contributed by atoms with E-state index in [-0.39, 0.29) is 16.1 Å². The highest BCUT2D eigenvalue weighted by atomic mass is 35.5. The molecule has 0 atom stereocenters. The summed E-state index contributed by atoms with van der Waals surface area (Å²) in [6.07, 6.45) is 1.96. The average molecular weight is 597 g/mol. The minimum Gasteiger partial charge on any atom is -0.371 e.